The maximum Gasteiger partial charge on any atom is 0.225 e. The van der Waals surface area contributed by atoms with Gasteiger partial charge in [-0.05, 0) is 68.9 Å². The summed E-state index contributed by atoms with van der Waals surface area (Å²) >= 11 is 0. The lowest BCUT2D eigenvalue weighted by Gasteiger charge is -2.22. The summed E-state index contributed by atoms with van der Waals surface area (Å²) in [6, 6.07) is 17.1. The fourth-order valence-electron chi connectivity index (χ4n) is 4.36. The van der Waals surface area contributed by atoms with Crippen molar-refractivity contribution in [2.24, 2.45) is 0 Å². The molecule has 1 amide bonds. The van der Waals surface area contributed by atoms with E-state index in [2.05, 4.69) is 30.4 Å². The van der Waals surface area contributed by atoms with Gasteiger partial charge in [-0.2, -0.15) is 0 Å². The summed E-state index contributed by atoms with van der Waals surface area (Å²) in [5, 5.41) is 12.8. The third kappa shape index (κ3) is 5.42. The second-order valence-electron chi connectivity index (χ2n) is 8.52. The zero-order valence-electron chi connectivity index (χ0n) is 19.8. The summed E-state index contributed by atoms with van der Waals surface area (Å²) in [5.41, 5.74) is 6.93. The average molecular weight is 454 g/mol. The summed E-state index contributed by atoms with van der Waals surface area (Å²) in [4.78, 5) is 22.8. The van der Waals surface area contributed by atoms with Crippen LogP contribution in [0.25, 0.3) is 16.8 Å². The number of aromatic nitrogens is 2. The van der Waals surface area contributed by atoms with E-state index < -0.39 is 0 Å². The van der Waals surface area contributed by atoms with Crippen LogP contribution in [-0.4, -0.2) is 21.0 Å². The molecule has 0 saturated heterocycles. The largest absolute Gasteiger partial charge is 0.508 e. The Kier molecular flexibility index (Phi) is 7.53. The first kappa shape index (κ1) is 23.4. The van der Waals surface area contributed by atoms with Gasteiger partial charge in [-0.15, -0.1) is 0 Å². The summed E-state index contributed by atoms with van der Waals surface area (Å²) in [6.45, 7) is 4.18. The molecule has 174 valence electrons. The standard InChI is InChI=1S/C29H31N3O2/c1-3-9-24-21(4-2)16-19-25-28(24)32-27(22-14-17-23(33)18-15-22)29(30-25)31-26(34)13-8-12-20-10-6-5-7-11-20/h3,5-7,9-11,14-15,17-18,33H,4,8,12-13,16,19H2,1-2H3,(H,30,31,34)/b9-3-. The normalized spacial score (nSPS) is 13.2. The lowest BCUT2D eigenvalue weighted by Crippen LogP contribution is -2.17. The molecule has 1 aliphatic carbocycles. The second kappa shape index (κ2) is 10.9. The molecular weight excluding hydrogens is 422 g/mol. The fourth-order valence-corrected chi connectivity index (χ4v) is 4.36. The molecule has 1 aromatic heterocycles. The number of benzene rings is 2. The monoisotopic (exact) mass is 453 g/mol. The summed E-state index contributed by atoms with van der Waals surface area (Å²) < 4.78 is 0. The molecule has 2 aromatic carbocycles. The Balaban J connectivity index is 1.64. The summed E-state index contributed by atoms with van der Waals surface area (Å²) in [7, 11) is 0. The smallest absolute Gasteiger partial charge is 0.225 e. The van der Waals surface area contributed by atoms with Crippen molar-refractivity contribution < 1.29 is 9.90 Å². The van der Waals surface area contributed by atoms with Crippen LogP contribution in [0.15, 0.2) is 72.3 Å². The zero-order chi connectivity index (χ0) is 23.9. The number of hydrogen-bond acceptors (Lipinski definition) is 4. The van der Waals surface area contributed by atoms with E-state index in [1.807, 2.05) is 31.2 Å². The Labute approximate surface area is 201 Å². The number of carbonyl (C=O) groups excluding carboxylic acids is 1. The highest BCUT2D eigenvalue weighted by Crippen LogP contribution is 2.36. The van der Waals surface area contributed by atoms with Crippen LogP contribution in [0.2, 0.25) is 0 Å². The lowest BCUT2D eigenvalue weighted by molar-refractivity contribution is -0.116. The number of aromatic hydroxyl groups is 1. The van der Waals surface area contributed by atoms with Crippen LogP contribution in [0.5, 0.6) is 5.75 Å². The van der Waals surface area contributed by atoms with Gasteiger partial charge in [-0.3, -0.25) is 4.79 Å². The van der Waals surface area contributed by atoms with Gasteiger partial charge < -0.3 is 10.4 Å². The molecule has 1 aliphatic rings. The average Bonchev–Trinajstić information content (AvgIpc) is 2.85. The zero-order valence-corrected chi connectivity index (χ0v) is 19.8. The van der Waals surface area contributed by atoms with Crippen LogP contribution in [0.3, 0.4) is 0 Å². The van der Waals surface area contributed by atoms with Gasteiger partial charge in [-0.1, -0.05) is 55.0 Å². The SMILES string of the molecule is C/C=C\C1=C(CC)CCc2nc(NC(=O)CCCc3ccccc3)c(-c3ccc(O)cc3)nc21. The molecular formula is C29H31N3O2. The molecule has 4 rings (SSSR count). The number of allylic oxidation sites excluding steroid dienone is 4. The van der Waals surface area contributed by atoms with Gasteiger partial charge in [0.25, 0.3) is 0 Å². The van der Waals surface area contributed by atoms with E-state index in [9.17, 15) is 9.90 Å². The van der Waals surface area contributed by atoms with Crippen molar-refractivity contribution in [3.8, 4) is 17.0 Å². The third-order valence-corrected chi connectivity index (χ3v) is 6.14. The van der Waals surface area contributed by atoms with Crippen LogP contribution in [0.4, 0.5) is 5.82 Å². The number of rotatable bonds is 8. The first-order chi connectivity index (χ1) is 16.6. The highest BCUT2D eigenvalue weighted by atomic mass is 16.3. The minimum absolute atomic E-state index is 0.0699. The van der Waals surface area contributed by atoms with Crippen molar-refractivity contribution in [1.29, 1.82) is 0 Å². The minimum Gasteiger partial charge on any atom is -0.508 e. The number of amides is 1. The number of aryl methyl sites for hydroxylation is 2. The molecule has 5 nitrogen and oxygen atoms in total. The number of nitrogens with zero attached hydrogens (tertiary/aromatic N) is 2. The van der Waals surface area contributed by atoms with Crippen molar-refractivity contribution in [1.82, 2.24) is 9.97 Å². The molecule has 0 saturated carbocycles. The predicted octanol–water partition coefficient (Wildman–Crippen LogP) is 6.50. The lowest BCUT2D eigenvalue weighted by atomic mass is 9.89. The fraction of sp³-hybridized carbons (Fsp3) is 0.276. The van der Waals surface area contributed by atoms with E-state index in [1.54, 1.807) is 24.3 Å². The Hall–Kier alpha value is -3.73. The molecule has 0 bridgehead atoms. The number of nitrogens with one attached hydrogen (secondary N) is 1. The van der Waals surface area contributed by atoms with Crippen LogP contribution in [0.1, 0.15) is 56.5 Å². The molecule has 1 heterocycles. The van der Waals surface area contributed by atoms with E-state index in [0.29, 0.717) is 17.9 Å². The highest BCUT2D eigenvalue weighted by molar-refractivity contribution is 5.94. The van der Waals surface area contributed by atoms with Crippen molar-refractivity contribution in [3.05, 3.63) is 89.3 Å². The Morgan fingerprint density at radius 2 is 1.79 bits per heavy atom. The molecule has 0 radical (unpaired) electrons. The van der Waals surface area contributed by atoms with Gasteiger partial charge in [-0.25, -0.2) is 9.97 Å². The van der Waals surface area contributed by atoms with Gasteiger partial charge >= 0.3 is 0 Å². The highest BCUT2D eigenvalue weighted by Gasteiger charge is 2.23. The van der Waals surface area contributed by atoms with Gasteiger partial charge in [0, 0.05) is 17.6 Å². The topological polar surface area (TPSA) is 75.1 Å². The van der Waals surface area contributed by atoms with E-state index in [-0.39, 0.29) is 11.7 Å². The quantitative estimate of drug-likeness (QED) is 0.408. The van der Waals surface area contributed by atoms with Crippen molar-refractivity contribution in [2.75, 3.05) is 5.32 Å². The van der Waals surface area contributed by atoms with Crippen LogP contribution in [0, 0.1) is 0 Å². The molecule has 0 aliphatic heterocycles. The Morgan fingerprint density at radius 1 is 1.03 bits per heavy atom. The molecule has 0 atom stereocenters. The third-order valence-electron chi connectivity index (χ3n) is 6.14. The number of carbonyl (C=O) groups is 1. The molecule has 0 spiro atoms. The van der Waals surface area contributed by atoms with Crippen LogP contribution >= 0.6 is 0 Å². The van der Waals surface area contributed by atoms with Crippen LogP contribution in [-0.2, 0) is 17.6 Å². The Morgan fingerprint density at radius 3 is 2.50 bits per heavy atom. The summed E-state index contributed by atoms with van der Waals surface area (Å²) in [6.07, 6.45) is 8.88. The summed E-state index contributed by atoms with van der Waals surface area (Å²) in [5.74, 6) is 0.595. The maximum atomic E-state index is 12.8. The van der Waals surface area contributed by atoms with E-state index >= 15 is 0 Å². The number of hydrogen-bond donors (Lipinski definition) is 2. The van der Waals surface area contributed by atoms with Gasteiger partial charge in [0.2, 0.25) is 5.91 Å². The molecule has 2 N–H and O–H groups in total. The van der Waals surface area contributed by atoms with Crippen molar-refractivity contribution >= 4 is 17.3 Å². The van der Waals surface area contributed by atoms with Crippen molar-refractivity contribution in [3.63, 3.8) is 0 Å². The number of anilines is 1. The number of phenols is 1. The van der Waals surface area contributed by atoms with E-state index in [1.165, 1.54) is 11.1 Å². The molecule has 0 unspecified atom stereocenters. The first-order valence-electron chi connectivity index (χ1n) is 12.0. The Bertz CT molecular complexity index is 1210. The maximum absolute atomic E-state index is 12.8. The molecule has 34 heavy (non-hydrogen) atoms. The van der Waals surface area contributed by atoms with Gasteiger partial charge in [0.15, 0.2) is 5.82 Å². The first-order valence-corrected chi connectivity index (χ1v) is 12.0. The number of phenolic OH excluding ortho intramolecular Hbond substituents is 1. The molecule has 5 heteroatoms. The molecule has 3 aromatic rings. The van der Waals surface area contributed by atoms with Crippen molar-refractivity contribution in [2.45, 2.75) is 52.4 Å². The van der Waals surface area contributed by atoms with E-state index in [0.717, 1.165) is 54.6 Å². The predicted molar refractivity (Wildman–Crippen MR) is 137 cm³/mol. The van der Waals surface area contributed by atoms with Crippen LogP contribution < -0.4 is 5.32 Å². The van der Waals surface area contributed by atoms with Gasteiger partial charge in [0.05, 0.1) is 11.4 Å². The van der Waals surface area contributed by atoms with E-state index in [4.69, 9.17) is 9.97 Å². The molecule has 0 fully saturated rings. The number of fused-ring (bicyclic) bond motifs is 1. The minimum atomic E-state index is -0.0699. The second-order valence-corrected chi connectivity index (χ2v) is 8.52. The van der Waals surface area contributed by atoms with Gasteiger partial charge in [0.1, 0.15) is 11.4 Å².